The van der Waals surface area contributed by atoms with Crippen molar-refractivity contribution >= 4 is 21.8 Å². The number of amides is 1. The first kappa shape index (κ1) is 13.2. The van der Waals surface area contributed by atoms with Gasteiger partial charge in [-0.25, -0.2) is 0 Å². The molecule has 2 rings (SSSR count). The lowest BCUT2D eigenvalue weighted by molar-refractivity contribution is 0.0951. The number of halogens is 1. The highest BCUT2D eigenvalue weighted by Gasteiger charge is 2.29. The summed E-state index contributed by atoms with van der Waals surface area (Å²) in [6.45, 7) is 0.578. The van der Waals surface area contributed by atoms with Crippen molar-refractivity contribution < 1.29 is 14.6 Å². The fourth-order valence-corrected chi connectivity index (χ4v) is 2.43. The molecular formula is C13H16BrNO3. The number of hydrogen-bond donors (Lipinski definition) is 2. The second kappa shape index (κ2) is 5.61. The van der Waals surface area contributed by atoms with Gasteiger partial charge in [0.15, 0.2) is 0 Å². The van der Waals surface area contributed by atoms with Crippen LogP contribution in [-0.2, 0) is 0 Å². The number of aromatic hydroxyl groups is 1. The molecule has 0 heterocycles. The van der Waals surface area contributed by atoms with Gasteiger partial charge in [0.2, 0.25) is 0 Å². The van der Waals surface area contributed by atoms with Crippen LogP contribution in [0.3, 0.4) is 0 Å². The Morgan fingerprint density at radius 3 is 2.89 bits per heavy atom. The number of nitrogens with one attached hydrogen (secondary N) is 1. The Morgan fingerprint density at radius 2 is 2.33 bits per heavy atom. The summed E-state index contributed by atoms with van der Waals surface area (Å²) in [7, 11) is 1.51. The van der Waals surface area contributed by atoms with Crippen molar-refractivity contribution in [1.29, 1.82) is 0 Å². The van der Waals surface area contributed by atoms with Gasteiger partial charge >= 0.3 is 0 Å². The van der Waals surface area contributed by atoms with Crippen molar-refractivity contribution in [2.24, 2.45) is 5.92 Å². The van der Waals surface area contributed by atoms with Gasteiger partial charge in [-0.2, -0.15) is 0 Å². The Hall–Kier alpha value is -1.23. The summed E-state index contributed by atoms with van der Waals surface area (Å²) in [5.41, 5.74) is 0.270. The van der Waals surface area contributed by atoms with E-state index in [2.05, 4.69) is 21.2 Å². The summed E-state index contributed by atoms with van der Waals surface area (Å²) in [4.78, 5) is 12.2. The van der Waals surface area contributed by atoms with Gasteiger partial charge in [0.1, 0.15) is 11.5 Å². The molecule has 1 unspecified atom stereocenters. The molecule has 1 amide bonds. The lowest BCUT2D eigenvalue weighted by Gasteiger charge is -2.11. The summed E-state index contributed by atoms with van der Waals surface area (Å²) in [6, 6.07) is 4.65. The minimum Gasteiger partial charge on any atom is -0.507 e. The first-order valence-corrected chi connectivity index (χ1v) is 6.82. The monoisotopic (exact) mass is 313 g/mol. The number of rotatable bonds is 5. The molecule has 2 N–H and O–H groups in total. The smallest absolute Gasteiger partial charge is 0.255 e. The number of methoxy groups -OCH3 is 1. The maximum Gasteiger partial charge on any atom is 0.255 e. The molecule has 0 spiro atoms. The van der Waals surface area contributed by atoms with Gasteiger partial charge < -0.3 is 15.2 Å². The van der Waals surface area contributed by atoms with Crippen LogP contribution in [-0.4, -0.2) is 29.5 Å². The normalized spacial score (nSPS) is 16.1. The van der Waals surface area contributed by atoms with Crippen molar-refractivity contribution in [3.05, 3.63) is 23.8 Å². The van der Waals surface area contributed by atoms with E-state index < -0.39 is 0 Å². The summed E-state index contributed by atoms with van der Waals surface area (Å²) in [5, 5.41) is 12.5. The zero-order chi connectivity index (χ0) is 13.1. The lowest BCUT2D eigenvalue weighted by atomic mass is 10.1. The number of alkyl halides is 1. The van der Waals surface area contributed by atoms with Gasteiger partial charge in [-0.3, -0.25) is 4.79 Å². The van der Waals surface area contributed by atoms with Crippen molar-refractivity contribution in [3.63, 3.8) is 0 Å². The minimum absolute atomic E-state index is 0.0654. The van der Waals surface area contributed by atoms with E-state index in [9.17, 15) is 9.90 Å². The number of ether oxygens (including phenoxy) is 1. The lowest BCUT2D eigenvalue weighted by Crippen LogP contribution is -2.30. The largest absolute Gasteiger partial charge is 0.507 e. The second-order valence-corrected chi connectivity index (χ2v) is 5.62. The maximum atomic E-state index is 11.9. The quantitative estimate of drug-likeness (QED) is 0.820. The standard InChI is InChI=1S/C13H16BrNO3/c1-18-9-4-5-10(12(16)6-9)13(17)15-7-11(14)8-2-3-8/h4-6,8,11,16H,2-3,7H2,1H3,(H,15,17). The molecule has 1 saturated carbocycles. The molecule has 0 bridgehead atoms. The van der Waals surface area contributed by atoms with Crippen molar-refractivity contribution in [3.8, 4) is 11.5 Å². The van der Waals surface area contributed by atoms with E-state index in [1.807, 2.05) is 0 Å². The predicted octanol–water partition coefficient (Wildman–Crippen LogP) is 2.30. The van der Waals surface area contributed by atoms with Crippen molar-refractivity contribution in [2.45, 2.75) is 17.7 Å². The Labute approximate surface area is 114 Å². The van der Waals surface area contributed by atoms with E-state index in [0.717, 1.165) is 0 Å². The fraction of sp³-hybridized carbons (Fsp3) is 0.462. The van der Waals surface area contributed by atoms with E-state index in [1.165, 1.54) is 26.0 Å². The molecule has 0 saturated heterocycles. The van der Waals surface area contributed by atoms with E-state index >= 15 is 0 Å². The van der Waals surface area contributed by atoms with Crippen molar-refractivity contribution in [1.82, 2.24) is 5.32 Å². The number of phenols is 1. The summed E-state index contributed by atoms with van der Waals surface area (Å²) >= 11 is 3.55. The second-order valence-electron chi connectivity index (χ2n) is 4.45. The predicted molar refractivity (Wildman–Crippen MR) is 72.4 cm³/mol. The number of benzene rings is 1. The summed E-state index contributed by atoms with van der Waals surface area (Å²) in [6.07, 6.45) is 2.44. The van der Waals surface area contributed by atoms with Crippen LogP contribution in [0.15, 0.2) is 18.2 Å². The van der Waals surface area contributed by atoms with Crippen LogP contribution in [0, 0.1) is 5.92 Å². The van der Waals surface area contributed by atoms with Crippen LogP contribution in [0.25, 0.3) is 0 Å². The molecule has 1 aromatic carbocycles. The van der Waals surface area contributed by atoms with E-state index in [-0.39, 0.29) is 17.2 Å². The van der Waals surface area contributed by atoms with Gasteiger partial charge in [-0.1, -0.05) is 15.9 Å². The highest BCUT2D eigenvalue weighted by molar-refractivity contribution is 9.09. The van der Waals surface area contributed by atoms with Gasteiger partial charge in [0.25, 0.3) is 5.91 Å². The molecule has 18 heavy (non-hydrogen) atoms. The molecule has 1 fully saturated rings. The van der Waals surface area contributed by atoms with Crippen LogP contribution >= 0.6 is 15.9 Å². The molecule has 0 aliphatic heterocycles. The average molecular weight is 314 g/mol. The van der Waals surface area contributed by atoms with Gasteiger partial charge in [-0.05, 0) is 30.9 Å². The van der Waals surface area contributed by atoms with E-state index in [0.29, 0.717) is 23.0 Å². The molecule has 0 aromatic heterocycles. The average Bonchev–Trinajstić information content (AvgIpc) is 3.19. The van der Waals surface area contributed by atoms with Crippen LogP contribution < -0.4 is 10.1 Å². The third-order valence-corrected chi connectivity index (χ3v) is 4.11. The Kier molecular flexibility index (Phi) is 4.11. The molecule has 5 heteroatoms. The molecule has 1 aliphatic rings. The first-order chi connectivity index (χ1) is 8.61. The third kappa shape index (κ3) is 3.16. The van der Waals surface area contributed by atoms with Gasteiger partial charge in [0.05, 0.1) is 12.7 Å². The molecule has 1 atom stereocenters. The molecular weight excluding hydrogens is 298 g/mol. The number of hydrogen-bond acceptors (Lipinski definition) is 3. The topological polar surface area (TPSA) is 58.6 Å². The highest BCUT2D eigenvalue weighted by atomic mass is 79.9. The number of carbonyl (C=O) groups excluding carboxylic acids is 1. The maximum absolute atomic E-state index is 11.9. The number of carbonyl (C=O) groups is 1. The first-order valence-electron chi connectivity index (χ1n) is 5.91. The van der Waals surface area contributed by atoms with Crippen LogP contribution in [0.5, 0.6) is 11.5 Å². The molecule has 98 valence electrons. The molecule has 0 radical (unpaired) electrons. The zero-order valence-electron chi connectivity index (χ0n) is 10.1. The Balaban J connectivity index is 1.95. The van der Waals surface area contributed by atoms with Crippen LogP contribution in [0.1, 0.15) is 23.2 Å². The minimum atomic E-state index is -0.264. The summed E-state index contributed by atoms with van der Waals surface area (Å²) < 4.78 is 4.97. The van der Waals surface area contributed by atoms with Crippen LogP contribution in [0.2, 0.25) is 0 Å². The molecule has 4 nitrogen and oxygen atoms in total. The molecule has 1 aliphatic carbocycles. The fourth-order valence-electron chi connectivity index (χ4n) is 1.74. The van der Waals surface area contributed by atoms with E-state index in [1.54, 1.807) is 12.1 Å². The number of phenolic OH excluding ortho intramolecular Hbond substituents is 1. The van der Waals surface area contributed by atoms with Crippen molar-refractivity contribution in [2.75, 3.05) is 13.7 Å². The SMILES string of the molecule is COc1ccc(C(=O)NCC(Br)C2CC2)c(O)c1. The Morgan fingerprint density at radius 1 is 1.61 bits per heavy atom. The molecule has 1 aromatic rings. The highest BCUT2D eigenvalue weighted by Crippen LogP contribution is 2.36. The third-order valence-electron chi connectivity index (χ3n) is 3.04. The zero-order valence-corrected chi connectivity index (χ0v) is 11.7. The van der Waals surface area contributed by atoms with E-state index in [4.69, 9.17) is 4.74 Å². The van der Waals surface area contributed by atoms with Crippen LogP contribution in [0.4, 0.5) is 0 Å². The summed E-state index contributed by atoms with van der Waals surface area (Å²) in [5.74, 6) is 0.875. The van der Waals surface area contributed by atoms with Gasteiger partial charge in [0, 0.05) is 17.4 Å². The Bertz CT molecular complexity index is 446. The van der Waals surface area contributed by atoms with Gasteiger partial charge in [-0.15, -0.1) is 0 Å².